The van der Waals surface area contributed by atoms with E-state index in [1.807, 2.05) is 6.92 Å². The molecule has 1 aliphatic rings. The first-order chi connectivity index (χ1) is 8.50. The van der Waals surface area contributed by atoms with Crippen molar-refractivity contribution >= 4 is 5.91 Å². The molecule has 0 aliphatic carbocycles. The van der Waals surface area contributed by atoms with Gasteiger partial charge in [-0.1, -0.05) is 6.07 Å². The molecular formula is C13H16F2N2O. The summed E-state index contributed by atoms with van der Waals surface area (Å²) < 4.78 is 27.5. The van der Waals surface area contributed by atoms with Gasteiger partial charge in [-0.15, -0.1) is 0 Å². The number of piperazine rings is 1. The van der Waals surface area contributed by atoms with Crippen molar-refractivity contribution in [1.82, 2.24) is 10.2 Å². The minimum atomic E-state index is -0.797. The minimum absolute atomic E-state index is 0.138. The molecule has 1 N–H and O–H groups in total. The third-order valence-electron chi connectivity index (χ3n) is 3.15. The van der Waals surface area contributed by atoms with Crippen molar-refractivity contribution < 1.29 is 13.6 Å². The van der Waals surface area contributed by atoms with Crippen molar-refractivity contribution in [3.8, 4) is 0 Å². The highest BCUT2D eigenvalue weighted by Gasteiger charge is 2.27. The van der Waals surface area contributed by atoms with Crippen LogP contribution in [-0.4, -0.2) is 36.5 Å². The topological polar surface area (TPSA) is 32.3 Å². The lowest BCUT2D eigenvalue weighted by molar-refractivity contribution is 0.0699. The number of nitrogens with one attached hydrogen (secondary N) is 1. The maximum atomic E-state index is 13.9. The molecule has 1 aromatic carbocycles. The highest BCUT2D eigenvalue weighted by molar-refractivity contribution is 5.95. The van der Waals surface area contributed by atoms with Gasteiger partial charge in [0.25, 0.3) is 5.91 Å². The van der Waals surface area contributed by atoms with Crippen LogP contribution in [0.25, 0.3) is 0 Å². The Morgan fingerprint density at radius 1 is 1.44 bits per heavy atom. The Hall–Kier alpha value is -1.49. The van der Waals surface area contributed by atoms with E-state index in [9.17, 15) is 13.6 Å². The fourth-order valence-corrected chi connectivity index (χ4v) is 2.13. The average Bonchev–Trinajstić information content (AvgIpc) is 2.34. The summed E-state index contributed by atoms with van der Waals surface area (Å²) in [6.07, 6.45) is 0. The predicted molar refractivity (Wildman–Crippen MR) is 64.5 cm³/mol. The second-order valence-electron chi connectivity index (χ2n) is 4.66. The smallest absolute Gasteiger partial charge is 0.259 e. The number of amides is 1. The number of hydrogen-bond donors (Lipinski definition) is 1. The van der Waals surface area contributed by atoms with Crippen molar-refractivity contribution in [3.05, 3.63) is 34.9 Å². The van der Waals surface area contributed by atoms with Gasteiger partial charge >= 0.3 is 0 Å². The molecule has 1 amide bonds. The number of carbonyl (C=O) groups is 1. The van der Waals surface area contributed by atoms with Crippen LogP contribution >= 0.6 is 0 Å². The summed E-state index contributed by atoms with van der Waals surface area (Å²) in [5.41, 5.74) is -0.160. The van der Waals surface area contributed by atoms with Crippen LogP contribution in [0.5, 0.6) is 0 Å². The van der Waals surface area contributed by atoms with Crippen LogP contribution in [0.1, 0.15) is 22.8 Å². The third-order valence-corrected chi connectivity index (χ3v) is 3.15. The average molecular weight is 254 g/mol. The molecule has 18 heavy (non-hydrogen) atoms. The summed E-state index contributed by atoms with van der Waals surface area (Å²) in [4.78, 5) is 13.6. The molecule has 2 rings (SSSR count). The summed E-state index contributed by atoms with van der Waals surface area (Å²) in [6.45, 7) is 5.03. The van der Waals surface area contributed by atoms with Gasteiger partial charge in [0.1, 0.15) is 17.2 Å². The molecule has 5 heteroatoms. The van der Waals surface area contributed by atoms with Gasteiger partial charge in [-0.05, 0) is 25.5 Å². The van der Waals surface area contributed by atoms with Gasteiger partial charge in [-0.25, -0.2) is 8.78 Å². The van der Waals surface area contributed by atoms with Gasteiger partial charge in [-0.2, -0.15) is 0 Å². The highest BCUT2D eigenvalue weighted by Crippen LogP contribution is 2.19. The summed E-state index contributed by atoms with van der Waals surface area (Å²) in [5.74, 6) is -2.12. The van der Waals surface area contributed by atoms with Gasteiger partial charge in [0, 0.05) is 25.7 Å². The zero-order valence-corrected chi connectivity index (χ0v) is 10.5. The Labute approximate surface area is 105 Å². The van der Waals surface area contributed by atoms with Crippen LogP contribution in [0, 0.1) is 18.6 Å². The number of rotatable bonds is 1. The number of hydrogen-bond acceptors (Lipinski definition) is 2. The van der Waals surface area contributed by atoms with Crippen molar-refractivity contribution in [2.24, 2.45) is 0 Å². The van der Waals surface area contributed by atoms with Crippen LogP contribution in [-0.2, 0) is 0 Å². The first-order valence-electron chi connectivity index (χ1n) is 5.98. The summed E-state index contributed by atoms with van der Waals surface area (Å²) in [7, 11) is 0. The van der Waals surface area contributed by atoms with Crippen LogP contribution in [0.2, 0.25) is 0 Å². The predicted octanol–water partition coefficient (Wildman–Crippen LogP) is 1.71. The fourth-order valence-electron chi connectivity index (χ4n) is 2.13. The fraction of sp³-hybridized carbons (Fsp3) is 0.462. The van der Waals surface area contributed by atoms with Crippen molar-refractivity contribution in [3.63, 3.8) is 0 Å². The molecule has 1 aliphatic heterocycles. The molecular weight excluding hydrogens is 238 g/mol. The normalized spacial score (nSPS) is 20.0. The number of halogens is 2. The van der Waals surface area contributed by atoms with Gasteiger partial charge < -0.3 is 10.2 Å². The maximum Gasteiger partial charge on any atom is 0.259 e. The molecule has 3 nitrogen and oxygen atoms in total. The molecule has 0 radical (unpaired) electrons. The molecule has 1 fully saturated rings. The first kappa shape index (κ1) is 13.0. The van der Waals surface area contributed by atoms with E-state index in [4.69, 9.17) is 0 Å². The Morgan fingerprint density at radius 2 is 2.17 bits per heavy atom. The Balaban J connectivity index is 2.31. The molecule has 0 spiro atoms. The minimum Gasteiger partial charge on any atom is -0.336 e. The Bertz CT molecular complexity index is 476. The maximum absolute atomic E-state index is 13.9. The van der Waals surface area contributed by atoms with Crippen LogP contribution in [0.15, 0.2) is 12.1 Å². The largest absolute Gasteiger partial charge is 0.336 e. The zero-order valence-electron chi connectivity index (χ0n) is 10.5. The van der Waals surface area contributed by atoms with Gasteiger partial charge in [0.2, 0.25) is 0 Å². The van der Waals surface area contributed by atoms with Crippen LogP contribution < -0.4 is 5.32 Å². The third kappa shape index (κ3) is 2.36. The number of benzene rings is 1. The molecule has 1 atom stereocenters. The molecule has 0 bridgehead atoms. The first-order valence-corrected chi connectivity index (χ1v) is 5.98. The molecule has 0 aromatic heterocycles. The van der Waals surface area contributed by atoms with E-state index in [2.05, 4.69) is 5.32 Å². The van der Waals surface area contributed by atoms with E-state index in [0.29, 0.717) is 19.6 Å². The lowest BCUT2D eigenvalue weighted by Gasteiger charge is -2.32. The molecule has 98 valence electrons. The van der Waals surface area contributed by atoms with E-state index in [-0.39, 0.29) is 11.6 Å². The molecule has 1 aromatic rings. The summed E-state index contributed by atoms with van der Waals surface area (Å²) in [6, 6.07) is 2.61. The Morgan fingerprint density at radius 3 is 2.83 bits per heavy atom. The van der Waals surface area contributed by atoms with E-state index in [1.165, 1.54) is 17.9 Å². The summed E-state index contributed by atoms with van der Waals surface area (Å²) >= 11 is 0. The molecule has 1 saturated heterocycles. The number of aryl methyl sites for hydroxylation is 1. The van der Waals surface area contributed by atoms with Crippen LogP contribution in [0.4, 0.5) is 8.78 Å². The van der Waals surface area contributed by atoms with E-state index in [1.54, 1.807) is 0 Å². The van der Waals surface area contributed by atoms with Crippen molar-refractivity contribution in [2.75, 3.05) is 19.6 Å². The van der Waals surface area contributed by atoms with Crippen molar-refractivity contribution in [1.29, 1.82) is 0 Å². The standard InChI is InChI=1S/C13H16F2N2O/c1-8-3-4-10(14)11(12(8)15)13(18)17-6-5-16-9(2)7-17/h3-4,9,16H,5-7H2,1-2H3/t9-/m0/s1. The molecule has 0 unspecified atom stereocenters. The molecule has 1 heterocycles. The van der Waals surface area contributed by atoms with E-state index >= 15 is 0 Å². The van der Waals surface area contributed by atoms with Gasteiger partial charge in [-0.3, -0.25) is 4.79 Å². The van der Waals surface area contributed by atoms with Gasteiger partial charge in [0.05, 0.1) is 0 Å². The lowest BCUT2D eigenvalue weighted by Crippen LogP contribution is -2.51. The van der Waals surface area contributed by atoms with E-state index < -0.39 is 23.1 Å². The SMILES string of the molecule is Cc1ccc(F)c(C(=O)N2CCN[C@@H](C)C2)c1F. The number of nitrogens with zero attached hydrogens (tertiary/aromatic N) is 1. The Kier molecular flexibility index (Phi) is 3.61. The zero-order chi connectivity index (χ0) is 13.3. The van der Waals surface area contributed by atoms with E-state index in [0.717, 1.165) is 6.07 Å². The second-order valence-corrected chi connectivity index (χ2v) is 4.66. The molecule has 0 saturated carbocycles. The quantitative estimate of drug-likeness (QED) is 0.827. The number of carbonyl (C=O) groups excluding carboxylic acids is 1. The van der Waals surface area contributed by atoms with Crippen molar-refractivity contribution in [2.45, 2.75) is 19.9 Å². The van der Waals surface area contributed by atoms with Gasteiger partial charge in [0.15, 0.2) is 0 Å². The van der Waals surface area contributed by atoms with Crippen LogP contribution in [0.3, 0.4) is 0 Å². The lowest BCUT2D eigenvalue weighted by atomic mass is 10.1. The second kappa shape index (κ2) is 5.02. The highest BCUT2D eigenvalue weighted by atomic mass is 19.1. The summed E-state index contributed by atoms with van der Waals surface area (Å²) in [5, 5.41) is 3.18. The monoisotopic (exact) mass is 254 g/mol.